The fourth-order valence-corrected chi connectivity index (χ4v) is 2.18. The number of aromatic carboxylic acids is 1. The first kappa shape index (κ1) is 17.2. The molecule has 2 atom stereocenters. The first-order valence-corrected chi connectivity index (χ1v) is 7.54. The summed E-state index contributed by atoms with van der Waals surface area (Å²) in [4.78, 5) is 23.4. The molecule has 21 heavy (non-hydrogen) atoms. The Morgan fingerprint density at radius 2 is 1.81 bits per heavy atom. The lowest BCUT2D eigenvalue weighted by Gasteiger charge is -2.23. The van der Waals surface area contributed by atoms with Gasteiger partial charge in [-0.2, -0.15) is 0 Å². The van der Waals surface area contributed by atoms with E-state index < -0.39 is 11.9 Å². The number of carboxylic acid groups (broad SMARTS) is 1. The van der Waals surface area contributed by atoms with Crippen molar-refractivity contribution in [2.45, 2.75) is 52.6 Å². The second kappa shape index (κ2) is 8.45. The summed E-state index contributed by atoms with van der Waals surface area (Å²) in [6.07, 6.45) is 3.60. The zero-order valence-corrected chi connectivity index (χ0v) is 13.0. The minimum Gasteiger partial charge on any atom is -0.478 e. The van der Waals surface area contributed by atoms with Crippen LogP contribution in [0.15, 0.2) is 24.3 Å². The Hall–Kier alpha value is -1.84. The summed E-state index contributed by atoms with van der Waals surface area (Å²) in [5.41, 5.74) is 0.107. The molecule has 4 nitrogen and oxygen atoms in total. The molecule has 1 N–H and O–H groups in total. The number of carboxylic acids is 1. The number of benzene rings is 1. The number of hydrogen-bond acceptors (Lipinski definition) is 3. The molecule has 2 unspecified atom stereocenters. The van der Waals surface area contributed by atoms with Gasteiger partial charge in [0.05, 0.1) is 11.1 Å². The van der Waals surface area contributed by atoms with Gasteiger partial charge in [-0.05, 0) is 24.5 Å². The lowest BCUT2D eigenvalue weighted by atomic mass is 9.97. The average Bonchev–Trinajstić information content (AvgIpc) is 2.50. The summed E-state index contributed by atoms with van der Waals surface area (Å²) in [5.74, 6) is -1.40. The summed E-state index contributed by atoms with van der Waals surface area (Å²) in [5, 5.41) is 9.14. The number of rotatable bonds is 8. The van der Waals surface area contributed by atoms with E-state index in [1.54, 1.807) is 12.1 Å². The van der Waals surface area contributed by atoms with Crippen molar-refractivity contribution in [1.29, 1.82) is 0 Å². The first-order chi connectivity index (χ1) is 10.0. The minimum absolute atomic E-state index is 0.0131. The molecule has 0 aliphatic heterocycles. The van der Waals surface area contributed by atoms with Crippen molar-refractivity contribution >= 4 is 11.9 Å². The minimum atomic E-state index is -1.11. The van der Waals surface area contributed by atoms with Crippen LogP contribution in [0, 0.1) is 5.92 Å². The fraction of sp³-hybridized carbons (Fsp3) is 0.529. The zero-order valence-electron chi connectivity index (χ0n) is 13.0. The number of ether oxygens (including phenoxy) is 1. The van der Waals surface area contributed by atoms with Crippen LogP contribution in [0.2, 0.25) is 0 Å². The molecular weight excluding hydrogens is 268 g/mol. The van der Waals surface area contributed by atoms with Crippen LogP contribution in [-0.2, 0) is 4.74 Å². The van der Waals surface area contributed by atoms with Gasteiger partial charge in [0.2, 0.25) is 0 Å². The van der Waals surface area contributed by atoms with Crippen LogP contribution in [0.4, 0.5) is 0 Å². The molecule has 0 aromatic heterocycles. The van der Waals surface area contributed by atoms with Gasteiger partial charge in [0, 0.05) is 0 Å². The van der Waals surface area contributed by atoms with Gasteiger partial charge < -0.3 is 9.84 Å². The van der Waals surface area contributed by atoms with Crippen LogP contribution in [0.3, 0.4) is 0 Å². The second-order valence-electron chi connectivity index (χ2n) is 5.32. The maximum Gasteiger partial charge on any atom is 0.339 e. The van der Waals surface area contributed by atoms with Crippen LogP contribution in [0.1, 0.15) is 67.2 Å². The van der Waals surface area contributed by atoms with Crippen molar-refractivity contribution in [3.63, 3.8) is 0 Å². The van der Waals surface area contributed by atoms with Crippen molar-refractivity contribution < 1.29 is 19.4 Å². The summed E-state index contributed by atoms with van der Waals surface area (Å²) in [6.45, 7) is 6.20. The molecule has 1 rings (SSSR count). The number of carbonyl (C=O) groups excluding carboxylic acids is 1. The largest absolute Gasteiger partial charge is 0.478 e. The van der Waals surface area contributed by atoms with Gasteiger partial charge in [-0.15, -0.1) is 0 Å². The highest BCUT2D eigenvalue weighted by Gasteiger charge is 2.23. The van der Waals surface area contributed by atoms with E-state index in [4.69, 9.17) is 9.84 Å². The van der Waals surface area contributed by atoms with Crippen molar-refractivity contribution in [1.82, 2.24) is 0 Å². The van der Waals surface area contributed by atoms with Crippen molar-refractivity contribution in [3.05, 3.63) is 35.4 Å². The predicted molar refractivity (Wildman–Crippen MR) is 81.6 cm³/mol. The topological polar surface area (TPSA) is 63.6 Å². The summed E-state index contributed by atoms with van der Waals surface area (Å²) >= 11 is 0. The third-order valence-electron chi connectivity index (χ3n) is 3.76. The van der Waals surface area contributed by atoms with Gasteiger partial charge in [0.1, 0.15) is 6.10 Å². The maximum atomic E-state index is 12.3. The molecular formula is C17H24O4. The maximum absolute atomic E-state index is 12.3. The van der Waals surface area contributed by atoms with Gasteiger partial charge in [-0.1, -0.05) is 52.2 Å². The van der Waals surface area contributed by atoms with Gasteiger partial charge in [0.25, 0.3) is 0 Å². The van der Waals surface area contributed by atoms with E-state index in [1.165, 1.54) is 12.1 Å². The zero-order chi connectivity index (χ0) is 15.8. The van der Waals surface area contributed by atoms with Gasteiger partial charge in [0.15, 0.2) is 0 Å². The molecule has 1 aromatic rings. The monoisotopic (exact) mass is 292 g/mol. The SMILES string of the molecule is CCCCC(OC(=O)c1ccccc1C(=O)O)C(C)CC. The molecule has 0 heterocycles. The Bertz CT molecular complexity index is 481. The second-order valence-corrected chi connectivity index (χ2v) is 5.32. The fourth-order valence-electron chi connectivity index (χ4n) is 2.18. The number of carbonyl (C=O) groups is 2. The van der Waals surface area contributed by atoms with Crippen LogP contribution in [-0.4, -0.2) is 23.1 Å². The van der Waals surface area contributed by atoms with Gasteiger partial charge in [-0.25, -0.2) is 9.59 Å². The van der Waals surface area contributed by atoms with Gasteiger partial charge >= 0.3 is 11.9 Å². The molecule has 0 radical (unpaired) electrons. The lowest BCUT2D eigenvalue weighted by Crippen LogP contribution is -2.26. The number of hydrogen-bond donors (Lipinski definition) is 1. The molecule has 0 bridgehead atoms. The summed E-state index contributed by atoms with van der Waals surface area (Å²) in [7, 11) is 0. The van der Waals surface area contributed by atoms with Crippen LogP contribution < -0.4 is 0 Å². The summed E-state index contributed by atoms with van der Waals surface area (Å²) < 4.78 is 5.58. The molecule has 116 valence electrons. The molecule has 0 saturated carbocycles. The Labute approximate surface area is 126 Å². The molecule has 1 aromatic carbocycles. The molecule has 0 amide bonds. The smallest absolute Gasteiger partial charge is 0.339 e. The Kier molecular flexibility index (Phi) is 6.92. The highest BCUT2D eigenvalue weighted by molar-refractivity contribution is 6.02. The van der Waals surface area contributed by atoms with E-state index in [0.717, 1.165) is 25.7 Å². The van der Waals surface area contributed by atoms with E-state index in [0.29, 0.717) is 0 Å². The molecule has 0 saturated heterocycles. The van der Waals surface area contributed by atoms with Crippen LogP contribution in [0.25, 0.3) is 0 Å². The quantitative estimate of drug-likeness (QED) is 0.731. The van der Waals surface area contributed by atoms with Crippen LogP contribution in [0.5, 0.6) is 0 Å². The molecule has 0 aliphatic carbocycles. The highest BCUT2D eigenvalue weighted by Crippen LogP contribution is 2.20. The summed E-state index contributed by atoms with van der Waals surface area (Å²) in [6, 6.07) is 6.17. The molecule has 4 heteroatoms. The third kappa shape index (κ3) is 4.88. The Morgan fingerprint density at radius 1 is 1.19 bits per heavy atom. The van der Waals surface area contributed by atoms with E-state index in [9.17, 15) is 9.59 Å². The van der Waals surface area contributed by atoms with Crippen LogP contribution >= 0.6 is 0 Å². The van der Waals surface area contributed by atoms with E-state index in [-0.39, 0.29) is 23.1 Å². The number of unbranched alkanes of at least 4 members (excludes halogenated alkanes) is 1. The third-order valence-corrected chi connectivity index (χ3v) is 3.76. The normalized spacial score (nSPS) is 13.5. The Balaban J connectivity index is 2.89. The molecule has 0 aliphatic rings. The Morgan fingerprint density at radius 3 is 2.33 bits per heavy atom. The number of esters is 1. The van der Waals surface area contributed by atoms with E-state index >= 15 is 0 Å². The molecule has 0 fully saturated rings. The van der Waals surface area contributed by atoms with E-state index in [1.807, 2.05) is 0 Å². The highest BCUT2D eigenvalue weighted by atomic mass is 16.5. The van der Waals surface area contributed by atoms with Crippen molar-refractivity contribution in [3.8, 4) is 0 Å². The predicted octanol–water partition coefficient (Wildman–Crippen LogP) is 4.15. The molecule has 0 spiro atoms. The van der Waals surface area contributed by atoms with Gasteiger partial charge in [-0.3, -0.25) is 0 Å². The van der Waals surface area contributed by atoms with E-state index in [2.05, 4.69) is 20.8 Å². The first-order valence-electron chi connectivity index (χ1n) is 7.54. The van der Waals surface area contributed by atoms with Crippen molar-refractivity contribution in [2.24, 2.45) is 5.92 Å². The standard InChI is InChI=1S/C17H24O4/c1-4-6-11-15(12(3)5-2)21-17(20)14-10-8-7-9-13(14)16(18)19/h7-10,12,15H,4-6,11H2,1-3H3,(H,18,19). The van der Waals surface area contributed by atoms with Crippen molar-refractivity contribution in [2.75, 3.05) is 0 Å². The average molecular weight is 292 g/mol. The lowest BCUT2D eigenvalue weighted by molar-refractivity contribution is 0.0120.